The molecule has 0 spiro atoms. The van der Waals surface area contributed by atoms with Crippen LogP contribution in [0.5, 0.6) is 11.5 Å². The number of hydrogen-bond acceptors (Lipinski definition) is 7. The number of anilines is 1. The fourth-order valence-corrected chi connectivity index (χ4v) is 6.34. The van der Waals surface area contributed by atoms with E-state index in [4.69, 9.17) is 14.5 Å². The van der Waals surface area contributed by atoms with Crippen LogP contribution in [0.4, 0.5) is 5.13 Å². The van der Waals surface area contributed by atoms with E-state index < -0.39 is 17.7 Å². The predicted molar refractivity (Wildman–Crippen MR) is 163 cm³/mol. The Morgan fingerprint density at radius 2 is 1.76 bits per heavy atom. The highest BCUT2D eigenvalue weighted by molar-refractivity contribution is 7.22. The van der Waals surface area contributed by atoms with Crippen molar-refractivity contribution in [2.24, 2.45) is 0 Å². The lowest BCUT2D eigenvalue weighted by atomic mass is 9.95. The number of rotatable bonds is 10. The van der Waals surface area contributed by atoms with E-state index in [0.29, 0.717) is 41.0 Å². The molecule has 1 unspecified atom stereocenters. The highest BCUT2D eigenvalue weighted by atomic mass is 32.1. The number of benzene rings is 3. The molecule has 1 aromatic heterocycles. The zero-order valence-electron chi connectivity index (χ0n) is 23.8. The number of carbonyl (C=O) groups is 2. The van der Waals surface area contributed by atoms with E-state index in [2.05, 4.69) is 6.92 Å². The van der Waals surface area contributed by atoms with Gasteiger partial charge in [-0.3, -0.25) is 14.5 Å². The number of aliphatic hydroxyl groups excluding tert-OH is 1. The summed E-state index contributed by atoms with van der Waals surface area (Å²) in [6.07, 6.45) is 3.08. The molecule has 4 aromatic rings. The van der Waals surface area contributed by atoms with E-state index in [1.807, 2.05) is 45.0 Å². The number of aryl methyl sites for hydroxylation is 2. The summed E-state index contributed by atoms with van der Waals surface area (Å²) in [7, 11) is 0. The van der Waals surface area contributed by atoms with Crippen molar-refractivity contribution in [2.75, 3.05) is 18.1 Å². The third kappa shape index (κ3) is 5.57. The number of ketones is 1. The molecule has 1 aliphatic heterocycles. The summed E-state index contributed by atoms with van der Waals surface area (Å²) in [4.78, 5) is 33.5. The summed E-state index contributed by atoms with van der Waals surface area (Å²) in [6.45, 7) is 8.99. The molecule has 3 aromatic carbocycles. The molecule has 1 N–H and O–H groups in total. The standard InChI is InChI=1S/C33H34N2O5S/c1-5-7-11-16-40-24-15-14-23(19-25(24)39-6-2)29-27(30(36)22-12-9-8-10-13-22)31(37)32(38)35(29)33-34-28-21(4)17-20(3)18-26(28)41-33/h8-10,12-15,17-19,29,36H,5-7,11,16H2,1-4H3. The molecular weight excluding hydrogens is 536 g/mol. The molecule has 2 heterocycles. The second-order valence-corrected chi connectivity index (χ2v) is 11.2. The SMILES string of the molecule is CCCCCOc1ccc(C2C(=C(O)c3ccccc3)C(=O)C(=O)N2c2nc3c(C)cc(C)cc3s2)cc1OCC. The van der Waals surface area contributed by atoms with Crippen LogP contribution < -0.4 is 14.4 Å². The van der Waals surface area contributed by atoms with Gasteiger partial charge >= 0.3 is 5.91 Å². The third-order valence-corrected chi connectivity index (χ3v) is 8.11. The third-order valence-electron chi connectivity index (χ3n) is 7.11. The van der Waals surface area contributed by atoms with Crippen molar-refractivity contribution in [3.8, 4) is 11.5 Å². The van der Waals surface area contributed by atoms with Gasteiger partial charge in [-0.1, -0.05) is 73.6 Å². The number of unbranched alkanes of at least 4 members (excludes halogenated alkanes) is 2. The second kappa shape index (κ2) is 12.1. The van der Waals surface area contributed by atoms with E-state index in [9.17, 15) is 14.7 Å². The smallest absolute Gasteiger partial charge is 0.301 e. The van der Waals surface area contributed by atoms with Crippen molar-refractivity contribution in [2.45, 2.75) is 53.0 Å². The van der Waals surface area contributed by atoms with Crippen LogP contribution in [0.25, 0.3) is 16.0 Å². The Morgan fingerprint density at radius 3 is 2.49 bits per heavy atom. The van der Waals surface area contributed by atoms with Gasteiger partial charge in [0.1, 0.15) is 5.76 Å². The van der Waals surface area contributed by atoms with Crippen molar-refractivity contribution in [3.05, 3.63) is 88.5 Å². The summed E-state index contributed by atoms with van der Waals surface area (Å²) < 4.78 is 12.9. The molecule has 1 amide bonds. The van der Waals surface area contributed by atoms with E-state index in [0.717, 1.165) is 40.6 Å². The number of amides is 1. The number of carbonyl (C=O) groups excluding carboxylic acids is 2. The Balaban J connectivity index is 1.67. The topological polar surface area (TPSA) is 89.0 Å². The first-order chi connectivity index (χ1) is 19.8. The zero-order chi connectivity index (χ0) is 29.1. The molecule has 1 aliphatic rings. The number of nitrogens with zero attached hydrogens (tertiary/aromatic N) is 2. The maximum absolute atomic E-state index is 13.7. The summed E-state index contributed by atoms with van der Waals surface area (Å²) in [5, 5.41) is 11.8. The molecule has 1 atom stereocenters. The molecule has 1 saturated heterocycles. The van der Waals surface area contributed by atoms with Gasteiger partial charge in [0.15, 0.2) is 16.6 Å². The fourth-order valence-electron chi connectivity index (χ4n) is 5.18. The van der Waals surface area contributed by atoms with Crippen LogP contribution in [-0.4, -0.2) is 35.0 Å². The molecule has 0 radical (unpaired) electrons. The average molecular weight is 571 g/mol. The normalized spacial score (nSPS) is 16.5. The minimum Gasteiger partial charge on any atom is -0.507 e. The molecule has 0 bridgehead atoms. The van der Waals surface area contributed by atoms with Gasteiger partial charge in [-0.2, -0.15) is 0 Å². The van der Waals surface area contributed by atoms with Gasteiger partial charge in [-0.25, -0.2) is 4.98 Å². The van der Waals surface area contributed by atoms with Crippen molar-refractivity contribution in [3.63, 3.8) is 0 Å². The molecule has 0 saturated carbocycles. The first kappa shape index (κ1) is 28.4. The van der Waals surface area contributed by atoms with Crippen molar-refractivity contribution in [1.82, 2.24) is 4.98 Å². The molecule has 41 heavy (non-hydrogen) atoms. The van der Waals surface area contributed by atoms with Crippen LogP contribution in [0.15, 0.2) is 66.2 Å². The Kier molecular flexibility index (Phi) is 8.40. The Morgan fingerprint density at radius 1 is 0.976 bits per heavy atom. The second-order valence-electron chi connectivity index (χ2n) is 10.2. The molecule has 1 fully saturated rings. The number of hydrogen-bond donors (Lipinski definition) is 1. The van der Waals surface area contributed by atoms with Crippen molar-refractivity contribution >= 4 is 44.1 Å². The fraction of sp³-hybridized carbons (Fsp3) is 0.303. The van der Waals surface area contributed by atoms with E-state index in [-0.39, 0.29) is 11.3 Å². The van der Waals surface area contributed by atoms with Gasteiger partial charge in [0, 0.05) is 5.56 Å². The number of ether oxygens (including phenoxy) is 2. The molecule has 7 nitrogen and oxygen atoms in total. The summed E-state index contributed by atoms with van der Waals surface area (Å²) in [6, 6.07) is 17.4. The lowest BCUT2D eigenvalue weighted by Crippen LogP contribution is -2.29. The predicted octanol–water partition coefficient (Wildman–Crippen LogP) is 7.51. The van der Waals surface area contributed by atoms with Crippen LogP contribution >= 0.6 is 11.3 Å². The zero-order valence-corrected chi connectivity index (χ0v) is 24.6. The summed E-state index contributed by atoms with van der Waals surface area (Å²) in [5.74, 6) is -0.622. The number of Topliss-reactive ketones (excluding diaryl/α,β-unsaturated/α-hetero) is 1. The number of aliphatic hydroxyl groups is 1. The number of thiazole rings is 1. The summed E-state index contributed by atoms with van der Waals surface area (Å²) >= 11 is 1.35. The molecule has 8 heteroatoms. The molecule has 5 rings (SSSR count). The Bertz CT molecular complexity index is 1630. The summed E-state index contributed by atoms with van der Waals surface area (Å²) in [5.41, 5.74) is 3.93. The quantitative estimate of drug-likeness (QED) is 0.0919. The van der Waals surface area contributed by atoms with E-state index in [1.165, 1.54) is 16.2 Å². The maximum Gasteiger partial charge on any atom is 0.301 e. The minimum absolute atomic E-state index is 0.00687. The molecular formula is C33H34N2O5S. The van der Waals surface area contributed by atoms with Crippen LogP contribution in [0, 0.1) is 13.8 Å². The first-order valence-electron chi connectivity index (χ1n) is 14.0. The van der Waals surface area contributed by atoms with Gasteiger partial charge in [-0.15, -0.1) is 0 Å². The van der Waals surface area contributed by atoms with E-state index >= 15 is 0 Å². The lowest BCUT2D eigenvalue weighted by Gasteiger charge is -2.24. The largest absolute Gasteiger partial charge is 0.507 e. The van der Waals surface area contributed by atoms with Crippen LogP contribution in [0.1, 0.15) is 61.4 Å². The Labute approximate surface area is 244 Å². The van der Waals surface area contributed by atoms with Crippen LogP contribution in [0.3, 0.4) is 0 Å². The monoisotopic (exact) mass is 570 g/mol. The van der Waals surface area contributed by atoms with Gasteiger partial charge in [0.2, 0.25) is 0 Å². The molecule has 212 valence electrons. The minimum atomic E-state index is -0.912. The lowest BCUT2D eigenvalue weighted by molar-refractivity contribution is -0.132. The van der Waals surface area contributed by atoms with Gasteiger partial charge in [-0.05, 0) is 62.1 Å². The van der Waals surface area contributed by atoms with Crippen molar-refractivity contribution < 1.29 is 24.2 Å². The number of fused-ring (bicyclic) bond motifs is 1. The van der Waals surface area contributed by atoms with Crippen LogP contribution in [-0.2, 0) is 9.59 Å². The van der Waals surface area contributed by atoms with Gasteiger partial charge in [0.25, 0.3) is 5.78 Å². The highest BCUT2D eigenvalue weighted by Crippen LogP contribution is 2.46. The maximum atomic E-state index is 13.7. The van der Waals surface area contributed by atoms with Gasteiger partial charge < -0.3 is 14.6 Å². The molecule has 0 aliphatic carbocycles. The van der Waals surface area contributed by atoms with E-state index in [1.54, 1.807) is 36.4 Å². The van der Waals surface area contributed by atoms with Crippen molar-refractivity contribution in [1.29, 1.82) is 0 Å². The van der Waals surface area contributed by atoms with Gasteiger partial charge in [0.05, 0.1) is 35.0 Å². The number of aromatic nitrogens is 1. The average Bonchev–Trinajstić information content (AvgIpc) is 3.50. The highest BCUT2D eigenvalue weighted by Gasteiger charge is 2.48. The first-order valence-corrected chi connectivity index (χ1v) is 14.8. The van der Waals surface area contributed by atoms with Crippen LogP contribution in [0.2, 0.25) is 0 Å². The Hall–Kier alpha value is -4.17.